The van der Waals surface area contributed by atoms with Gasteiger partial charge < -0.3 is 19.7 Å². The molecule has 166 valence electrons. The molecule has 1 aliphatic heterocycles. The van der Waals surface area contributed by atoms with Crippen molar-refractivity contribution in [1.29, 1.82) is 0 Å². The van der Waals surface area contributed by atoms with Crippen molar-refractivity contribution in [2.45, 2.75) is 38.3 Å². The first-order valence-corrected chi connectivity index (χ1v) is 11.0. The largest absolute Gasteiger partial charge is 0.496 e. The first-order valence-electron chi connectivity index (χ1n) is 10.6. The molecule has 2 amide bonds. The second-order valence-electron chi connectivity index (χ2n) is 7.59. The number of methoxy groups -OCH3 is 1. The van der Waals surface area contributed by atoms with Crippen LogP contribution in [-0.2, 0) is 16.1 Å². The van der Waals surface area contributed by atoms with Crippen LogP contribution in [0.2, 0.25) is 5.02 Å². The van der Waals surface area contributed by atoms with Crippen LogP contribution in [0.5, 0.6) is 5.75 Å². The summed E-state index contributed by atoms with van der Waals surface area (Å²) in [5.41, 5.74) is 1.51. The molecule has 1 N–H and O–H groups in total. The van der Waals surface area contributed by atoms with Crippen LogP contribution in [-0.4, -0.2) is 49.6 Å². The average molecular weight is 445 g/mol. The van der Waals surface area contributed by atoms with Crippen LogP contribution < -0.4 is 10.1 Å². The van der Waals surface area contributed by atoms with Gasteiger partial charge in [-0.25, -0.2) is 0 Å². The van der Waals surface area contributed by atoms with E-state index in [1.54, 1.807) is 31.4 Å². The number of nitrogens with one attached hydrogen (secondary N) is 1. The number of hydrogen-bond acceptors (Lipinski definition) is 4. The summed E-state index contributed by atoms with van der Waals surface area (Å²) >= 11 is 5.85. The maximum Gasteiger partial charge on any atom is 0.251 e. The molecule has 1 heterocycles. The van der Waals surface area contributed by atoms with Crippen LogP contribution in [0.1, 0.15) is 41.6 Å². The molecule has 0 bridgehead atoms. The summed E-state index contributed by atoms with van der Waals surface area (Å²) in [6, 6.07) is 14.5. The Labute approximate surface area is 188 Å². The molecule has 1 saturated heterocycles. The van der Waals surface area contributed by atoms with Crippen molar-refractivity contribution >= 4 is 23.4 Å². The van der Waals surface area contributed by atoms with Gasteiger partial charge in [0, 0.05) is 48.8 Å². The highest BCUT2D eigenvalue weighted by Crippen LogP contribution is 2.22. The normalized spacial score (nSPS) is 15.5. The molecular weight excluding hydrogens is 416 g/mol. The van der Waals surface area contributed by atoms with Crippen molar-refractivity contribution in [3.63, 3.8) is 0 Å². The lowest BCUT2D eigenvalue weighted by Gasteiger charge is -2.26. The highest BCUT2D eigenvalue weighted by Gasteiger charge is 2.23. The summed E-state index contributed by atoms with van der Waals surface area (Å²) in [6.07, 6.45) is 2.98. The molecule has 0 aliphatic carbocycles. The zero-order valence-electron chi connectivity index (χ0n) is 17.8. The topological polar surface area (TPSA) is 67.9 Å². The number of ether oxygens (including phenoxy) is 2. The zero-order valence-corrected chi connectivity index (χ0v) is 18.6. The van der Waals surface area contributed by atoms with Crippen LogP contribution in [0, 0.1) is 0 Å². The van der Waals surface area contributed by atoms with Crippen molar-refractivity contribution < 1.29 is 19.1 Å². The molecule has 0 aromatic heterocycles. The van der Waals surface area contributed by atoms with E-state index in [1.165, 1.54) is 0 Å². The Balaban J connectivity index is 1.53. The molecule has 0 radical (unpaired) electrons. The number of hydrogen-bond donors (Lipinski definition) is 1. The SMILES string of the molecule is COc1ccccc1CN(CC1CCCO1)C(=O)CCCNC(=O)c1ccc(Cl)cc1. The Bertz CT molecular complexity index is 866. The second kappa shape index (κ2) is 11.7. The molecule has 3 rings (SSSR count). The molecule has 2 aromatic rings. The molecule has 2 aromatic carbocycles. The number of para-hydroxylation sites is 1. The number of nitrogens with zero attached hydrogens (tertiary/aromatic N) is 1. The Morgan fingerprint density at radius 1 is 1.19 bits per heavy atom. The number of carbonyl (C=O) groups excluding carboxylic acids is 2. The lowest BCUT2D eigenvalue weighted by molar-refractivity contribution is -0.133. The second-order valence-corrected chi connectivity index (χ2v) is 8.02. The molecule has 7 heteroatoms. The standard InChI is InChI=1S/C24H29ClN2O4/c1-30-22-8-3-2-6-19(22)16-27(17-21-7-5-15-31-21)23(28)9-4-14-26-24(29)18-10-12-20(25)13-11-18/h2-3,6,8,10-13,21H,4-5,7,9,14-17H2,1H3,(H,26,29). The summed E-state index contributed by atoms with van der Waals surface area (Å²) in [7, 11) is 1.63. The summed E-state index contributed by atoms with van der Waals surface area (Å²) in [6.45, 7) is 2.21. The fourth-order valence-corrected chi connectivity index (χ4v) is 3.76. The minimum Gasteiger partial charge on any atom is -0.496 e. The Kier molecular flexibility index (Phi) is 8.74. The van der Waals surface area contributed by atoms with Crippen molar-refractivity contribution in [3.05, 3.63) is 64.7 Å². The third-order valence-corrected chi connectivity index (χ3v) is 5.57. The monoisotopic (exact) mass is 444 g/mol. The van der Waals surface area contributed by atoms with Crippen molar-refractivity contribution in [3.8, 4) is 5.75 Å². The van der Waals surface area contributed by atoms with E-state index in [0.717, 1.165) is 30.8 Å². The van der Waals surface area contributed by atoms with Gasteiger partial charge >= 0.3 is 0 Å². The molecule has 31 heavy (non-hydrogen) atoms. The first-order chi connectivity index (χ1) is 15.1. The molecule has 1 aliphatic rings. The van der Waals surface area contributed by atoms with E-state index in [0.29, 0.717) is 43.1 Å². The van der Waals surface area contributed by atoms with Crippen molar-refractivity contribution in [2.75, 3.05) is 26.8 Å². The van der Waals surface area contributed by atoms with Gasteiger partial charge in [0.2, 0.25) is 5.91 Å². The Hall–Kier alpha value is -2.57. The number of benzene rings is 2. The highest BCUT2D eigenvalue weighted by atomic mass is 35.5. The number of carbonyl (C=O) groups is 2. The van der Waals surface area contributed by atoms with Gasteiger partial charge in [-0.2, -0.15) is 0 Å². The molecule has 1 atom stereocenters. The Morgan fingerprint density at radius 2 is 1.97 bits per heavy atom. The molecule has 1 unspecified atom stereocenters. The predicted molar refractivity (Wildman–Crippen MR) is 120 cm³/mol. The summed E-state index contributed by atoms with van der Waals surface area (Å²) in [5, 5.41) is 3.44. The minimum atomic E-state index is -0.172. The van der Waals surface area contributed by atoms with E-state index in [-0.39, 0.29) is 17.9 Å². The van der Waals surface area contributed by atoms with E-state index in [2.05, 4.69) is 5.32 Å². The first kappa shape index (κ1) is 23.1. The summed E-state index contributed by atoms with van der Waals surface area (Å²) in [4.78, 5) is 27.0. The quantitative estimate of drug-likeness (QED) is 0.561. The maximum atomic E-state index is 13.0. The van der Waals surface area contributed by atoms with Crippen LogP contribution in [0.3, 0.4) is 0 Å². The van der Waals surface area contributed by atoms with E-state index >= 15 is 0 Å². The average Bonchev–Trinajstić information content (AvgIpc) is 3.30. The smallest absolute Gasteiger partial charge is 0.251 e. The Morgan fingerprint density at radius 3 is 2.68 bits per heavy atom. The van der Waals surface area contributed by atoms with Gasteiger partial charge in [0.05, 0.1) is 13.2 Å². The molecule has 6 nitrogen and oxygen atoms in total. The lowest BCUT2D eigenvalue weighted by atomic mass is 10.1. The van der Waals surface area contributed by atoms with Gasteiger partial charge in [0.1, 0.15) is 5.75 Å². The molecular formula is C24H29ClN2O4. The van der Waals surface area contributed by atoms with E-state index in [4.69, 9.17) is 21.1 Å². The minimum absolute atomic E-state index is 0.0437. The molecule has 0 saturated carbocycles. The van der Waals surface area contributed by atoms with Gasteiger partial charge in [0.15, 0.2) is 0 Å². The van der Waals surface area contributed by atoms with E-state index in [9.17, 15) is 9.59 Å². The summed E-state index contributed by atoms with van der Waals surface area (Å²) < 4.78 is 11.2. The van der Waals surface area contributed by atoms with Crippen LogP contribution in [0.15, 0.2) is 48.5 Å². The van der Waals surface area contributed by atoms with Crippen LogP contribution >= 0.6 is 11.6 Å². The highest BCUT2D eigenvalue weighted by molar-refractivity contribution is 6.30. The fraction of sp³-hybridized carbons (Fsp3) is 0.417. The van der Waals surface area contributed by atoms with Crippen LogP contribution in [0.4, 0.5) is 0 Å². The van der Waals surface area contributed by atoms with Gasteiger partial charge in [-0.15, -0.1) is 0 Å². The third-order valence-electron chi connectivity index (χ3n) is 5.31. The fourth-order valence-electron chi connectivity index (χ4n) is 3.63. The van der Waals surface area contributed by atoms with Gasteiger partial charge in [-0.1, -0.05) is 29.8 Å². The maximum absolute atomic E-state index is 13.0. The summed E-state index contributed by atoms with van der Waals surface area (Å²) in [5.74, 6) is 0.638. The van der Waals surface area contributed by atoms with Crippen molar-refractivity contribution in [2.24, 2.45) is 0 Å². The number of amides is 2. The molecule has 1 fully saturated rings. The lowest BCUT2D eigenvalue weighted by Crippen LogP contribution is -2.37. The number of halogens is 1. The van der Waals surface area contributed by atoms with Crippen molar-refractivity contribution in [1.82, 2.24) is 10.2 Å². The third kappa shape index (κ3) is 6.97. The van der Waals surface area contributed by atoms with Crippen LogP contribution in [0.25, 0.3) is 0 Å². The zero-order chi connectivity index (χ0) is 22.1. The van der Waals surface area contributed by atoms with Gasteiger partial charge in [-0.3, -0.25) is 9.59 Å². The van der Waals surface area contributed by atoms with E-state index < -0.39 is 0 Å². The predicted octanol–water partition coefficient (Wildman–Crippen LogP) is 4.07. The van der Waals surface area contributed by atoms with E-state index in [1.807, 2.05) is 29.2 Å². The van der Waals surface area contributed by atoms with Gasteiger partial charge in [-0.05, 0) is 49.6 Å². The number of rotatable bonds is 10. The molecule has 0 spiro atoms. The van der Waals surface area contributed by atoms with Gasteiger partial charge in [0.25, 0.3) is 5.91 Å².